The van der Waals surface area contributed by atoms with Crippen molar-refractivity contribution < 1.29 is 9.47 Å². The first-order valence-electron chi connectivity index (χ1n) is 9.67. The zero-order valence-electron chi connectivity index (χ0n) is 17.1. The largest absolute Gasteiger partial charge is 0.493 e. The third kappa shape index (κ3) is 5.59. The van der Waals surface area contributed by atoms with Crippen molar-refractivity contribution in [3.63, 3.8) is 0 Å². The molecule has 0 aliphatic carbocycles. The Hall–Kier alpha value is -3.06. The van der Waals surface area contributed by atoms with E-state index in [4.69, 9.17) is 32.7 Å². The quantitative estimate of drug-likeness (QED) is 0.213. The van der Waals surface area contributed by atoms with Crippen LogP contribution in [0.1, 0.15) is 11.1 Å². The predicted molar refractivity (Wildman–Crippen MR) is 133 cm³/mol. The van der Waals surface area contributed by atoms with Gasteiger partial charge in [-0.3, -0.25) is 5.43 Å². The molecule has 8 heteroatoms. The van der Waals surface area contributed by atoms with Crippen molar-refractivity contribution in [1.29, 1.82) is 0 Å². The van der Waals surface area contributed by atoms with Gasteiger partial charge in [-0.25, -0.2) is 4.98 Å². The van der Waals surface area contributed by atoms with Crippen LogP contribution < -0.4 is 14.9 Å². The van der Waals surface area contributed by atoms with Gasteiger partial charge in [0.05, 0.1) is 29.1 Å². The standard InChI is InChI=1S/C24H19Cl2N3O2S/c1-30-23-12-16(8-10-22(23)31-14-17-7-9-19(25)20(26)11-17)13-27-29-24-28-21(15-32-24)18-5-3-2-4-6-18/h2-13,15H,14H2,1H3,(H,28,29). The summed E-state index contributed by atoms with van der Waals surface area (Å²) in [5, 5.41) is 8.01. The molecule has 0 unspecified atom stereocenters. The Kier molecular flexibility index (Phi) is 7.27. The number of thiazole rings is 1. The number of rotatable bonds is 8. The fourth-order valence-electron chi connectivity index (χ4n) is 2.90. The lowest BCUT2D eigenvalue weighted by Crippen LogP contribution is -1.99. The van der Waals surface area contributed by atoms with Gasteiger partial charge in [0.1, 0.15) is 6.61 Å². The van der Waals surface area contributed by atoms with Crippen LogP contribution in [0.2, 0.25) is 10.0 Å². The topological polar surface area (TPSA) is 55.7 Å². The van der Waals surface area contributed by atoms with Crippen LogP contribution in [0.5, 0.6) is 11.5 Å². The summed E-state index contributed by atoms with van der Waals surface area (Å²) in [6, 6.07) is 21.0. The Morgan fingerprint density at radius 1 is 1.00 bits per heavy atom. The number of aromatic nitrogens is 1. The molecule has 0 amide bonds. The minimum Gasteiger partial charge on any atom is -0.493 e. The number of hydrogen-bond acceptors (Lipinski definition) is 6. The summed E-state index contributed by atoms with van der Waals surface area (Å²) in [5.74, 6) is 1.23. The summed E-state index contributed by atoms with van der Waals surface area (Å²) in [7, 11) is 1.60. The highest BCUT2D eigenvalue weighted by Gasteiger charge is 2.07. The molecule has 0 aliphatic rings. The molecule has 0 aliphatic heterocycles. The second-order valence-electron chi connectivity index (χ2n) is 6.72. The third-order valence-electron chi connectivity index (χ3n) is 4.51. The van der Waals surface area contributed by atoms with E-state index in [0.717, 1.165) is 22.4 Å². The number of ether oxygens (including phenoxy) is 2. The van der Waals surface area contributed by atoms with Crippen LogP contribution >= 0.6 is 34.5 Å². The molecular weight excluding hydrogens is 465 g/mol. The highest BCUT2D eigenvalue weighted by atomic mass is 35.5. The fraction of sp³-hybridized carbons (Fsp3) is 0.0833. The third-order valence-corrected chi connectivity index (χ3v) is 6.00. The summed E-state index contributed by atoms with van der Waals surface area (Å²) >= 11 is 13.5. The number of hydrazone groups is 1. The van der Waals surface area contributed by atoms with Gasteiger partial charge in [0, 0.05) is 10.9 Å². The molecular formula is C24H19Cl2N3O2S. The van der Waals surface area contributed by atoms with Crippen molar-refractivity contribution in [2.24, 2.45) is 5.10 Å². The van der Waals surface area contributed by atoms with Gasteiger partial charge in [-0.1, -0.05) is 59.6 Å². The van der Waals surface area contributed by atoms with Crippen LogP contribution in [0.15, 0.2) is 77.2 Å². The van der Waals surface area contributed by atoms with E-state index in [2.05, 4.69) is 15.5 Å². The van der Waals surface area contributed by atoms with Crippen molar-refractivity contribution in [1.82, 2.24) is 4.98 Å². The number of anilines is 1. The highest BCUT2D eigenvalue weighted by molar-refractivity contribution is 7.14. The maximum absolute atomic E-state index is 6.06. The van der Waals surface area contributed by atoms with E-state index in [-0.39, 0.29) is 0 Å². The molecule has 5 nitrogen and oxygen atoms in total. The smallest absolute Gasteiger partial charge is 0.203 e. The molecule has 4 aromatic rings. The molecule has 1 aromatic heterocycles. The fourth-order valence-corrected chi connectivity index (χ4v) is 3.89. The second kappa shape index (κ2) is 10.5. The van der Waals surface area contributed by atoms with Crippen molar-refractivity contribution in [2.45, 2.75) is 6.61 Å². The van der Waals surface area contributed by atoms with Gasteiger partial charge >= 0.3 is 0 Å². The molecule has 0 spiro atoms. The Balaban J connectivity index is 1.38. The Morgan fingerprint density at radius 3 is 2.62 bits per heavy atom. The van der Waals surface area contributed by atoms with Crippen molar-refractivity contribution in [3.8, 4) is 22.8 Å². The van der Waals surface area contributed by atoms with Gasteiger partial charge in [-0.05, 0) is 41.5 Å². The van der Waals surface area contributed by atoms with Crippen molar-refractivity contribution in [2.75, 3.05) is 12.5 Å². The molecule has 1 heterocycles. The average Bonchev–Trinajstić information content (AvgIpc) is 3.30. The molecule has 0 bridgehead atoms. The summed E-state index contributed by atoms with van der Waals surface area (Å²) in [4.78, 5) is 4.56. The molecule has 0 saturated heterocycles. The first-order valence-corrected chi connectivity index (χ1v) is 11.3. The number of hydrogen-bond donors (Lipinski definition) is 1. The summed E-state index contributed by atoms with van der Waals surface area (Å²) in [6.45, 7) is 0.343. The SMILES string of the molecule is COc1cc(C=NNc2nc(-c3ccccc3)cs2)ccc1OCc1ccc(Cl)c(Cl)c1. The summed E-state index contributed by atoms with van der Waals surface area (Å²) in [5.41, 5.74) is 6.73. The van der Waals surface area contributed by atoms with E-state index >= 15 is 0 Å². The molecule has 0 fully saturated rings. The van der Waals surface area contributed by atoms with Gasteiger partial charge in [-0.15, -0.1) is 11.3 Å². The Bertz CT molecular complexity index is 1230. The van der Waals surface area contributed by atoms with Crippen LogP contribution in [0, 0.1) is 0 Å². The first-order chi connectivity index (χ1) is 15.6. The molecule has 0 saturated carbocycles. The monoisotopic (exact) mass is 483 g/mol. The minimum absolute atomic E-state index is 0.343. The van der Waals surface area contributed by atoms with E-state index < -0.39 is 0 Å². The lowest BCUT2D eigenvalue weighted by molar-refractivity contribution is 0.284. The maximum atomic E-state index is 6.06. The zero-order chi connectivity index (χ0) is 22.3. The molecule has 0 radical (unpaired) electrons. The van der Waals surface area contributed by atoms with Crippen molar-refractivity contribution >= 4 is 45.9 Å². The van der Waals surface area contributed by atoms with Crippen LogP contribution in [0.3, 0.4) is 0 Å². The number of halogens is 2. The molecule has 3 aromatic carbocycles. The Labute approximate surface area is 200 Å². The van der Waals surface area contributed by atoms with Crippen LogP contribution in [0.4, 0.5) is 5.13 Å². The molecule has 4 rings (SSSR count). The molecule has 0 atom stereocenters. The number of methoxy groups -OCH3 is 1. The zero-order valence-corrected chi connectivity index (χ0v) is 19.4. The minimum atomic E-state index is 0.343. The van der Waals surface area contributed by atoms with Crippen LogP contribution in [0.25, 0.3) is 11.3 Å². The van der Waals surface area contributed by atoms with Gasteiger partial charge < -0.3 is 9.47 Å². The average molecular weight is 484 g/mol. The lowest BCUT2D eigenvalue weighted by atomic mass is 10.2. The van der Waals surface area contributed by atoms with Crippen LogP contribution in [-0.2, 0) is 6.61 Å². The highest BCUT2D eigenvalue weighted by Crippen LogP contribution is 2.30. The van der Waals surface area contributed by atoms with E-state index in [0.29, 0.717) is 33.3 Å². The van der Waals surface area contributed by atoms with Gasteiger partial charge in [0.25, 0.3) is 0 Å². The Morgan fingerprint density at radius 2 is 1.84 bits per heavy atom. The maximum Gasteiger partial charge on any atom is 0.203 e. The number of nitrogens with zero attached hydrogens (tertiary/aromatic N) is 2. The molecule has 32 heavy (non-hydrogen) atoms. The van der Waals surface area contributed by atoms with Gasteiger partial charge in [0.15, 0.2) is 11.5 Å². The van der Waals surface area contributed by atoms with Gasteiger partial charge in [-0.2, -0.15) is 5.10 Å². The summed E-state index contributed by atoms with van der Waals surface area (Å²) in [6.07, 6.45) is 1.70. The van der Waals surface area contributed by atoms with Crippen LogP contribution in [-0.4, -0.2) is 18.3 Å². The van der Waals surface area contributed by atoms with Crippen molar-refractivity contribution in [3.05, 3.63) is 93.3 Å². The molecule has 1 N–H and O–H groups in total. The van der Waals surface area contributed by atoms with E-state index in [9.17, 15) is 0 Å². The van der Waals surface area contributed by atoms with E-state index in [1.54, 1.807) is 25.5 Å². The van der Waals surface area contributed by atoms with Gasteiger partial charge in [0.2, 0.25) is 5.13 Å². The number of nitrogens with one attached hydrogen (secondary N) is 1. The molecule has 162 valence electrons. The lowest BCUT2D eigenvalue weighted by Gasteiger charge is -2.11. The van der Waals surface area contributed by atoms with E-state index in [1.165, 1.54) is 11.3 Å². The second-order valence-corrected chi connectivity index (χ2v) is 8.39. The normalized spacial score (nSPS) is 11.0. The van der Waals surface area contributed by atoms with E-state index in [1.807, 2.05) is 60.0 Å². The first kappa shape index (κ1) is 22.1. The number of benzene rings is 3. The predicted octanol–water partition coefficient (Wildman–Crippen LogP) is 7.15. The summed E-state index contributed by atoms with van der Waals surface area (Å²) < 4.78 is 11.4.